The highest BCUT2D eigenvalue weighted by molar-refractivity contribution is 6.37. The summed E-state index contributed by atoms with van der Waals surface area (Å²) in [6.07, 6.45) is 0.396. The number of ether oxygens (including phenoxy) is 2. The van der Waals surface area contributed by atoms with Gasteiger partial charge in [-0.2, -0.15) is 5.10 Å². The first-order valence-corrected chi connectivity index (χ1v) is 7.65. The van der Waals surface area contributed by atoms with Crippen LogP contribution in [0, 0.1) is 13.8 Å². The first-order valence-electron chi connectivity index (χ1n) is 7.65. The van der Waals surface area contributed by atoms with Gasteiger partial charge in [-0.05, 0) is 19.9 Å². The molecule has 0 unspecified atom stereocenters. The quantitative estimate of drug-likeness (QED) is 0.585. The Morgan fingerprint density at radius 3 is 2.71 bits per heavy atom. The first-order chi connectivity index (χ1) is 11.4. The number of carbonyl (C=O) groups excluding carboxylic acids is 3. The smallest absolute Gasteiger partial charge is 0.354 e. The van der Waals surface area contributed by atoms with Crippen molar-refractivity contribution in [3.05, 3.63) is 23.0 Å². The average Bonchev–Trinajstić information content (AvgIpc) is 2.85. The van der Waals surface area contributed by atoms with Crippen LogP contribution in [0.3, 0.4) is 0 Å². The molecule has 8 nitrogen and oxygen atoms in total. The SMILES string of the molecule is COCCn1c(C)cc(C(=O)COC(=O)C2=NNC(=O)CC2)c1C. The highest BCUT2D eigenvalue weighted by Crippen LogP contribution is 2.16. The van der Waals surface area contributed by atoms with Gasteiger partial charge in [0.05, 0.1) is 6.61 Å². The lowest BCUT2D eigenvalue weighted by molar-refractivity contribution is -0.134. The van der Waals surface area contributed by atoms with Crippen LogP contribution in [0.5, 0.6) is 0 Å². The average molecular weight is 335 g/mol. The number of methoxy groups -OCH3 is 1. The Kier molecular flexibility index (Phi) is 5.86. The fourth-order valence-electron chi connectivity index (χ4n) is 2.52. The third-order valence-corrected chi connectivity index (χ3v) is 3.87. The van der Waals surface area contributed by atoms with E-state index >= 15 is 0 Å². The molecule has 1 aliphatic rings. The van der Waals surface area contributed by atoms with Crippen LogP contribution in [-0.4, -0.2) is 48.3 Å². The number of hydrazone groups is 1. The summed E-state index contributed by atoms with van der Waals surface area (Å²) < 4.78 is 12.1. The summed E-state index contributed by atoms with van der Waals surface area (Å²) in [5, 5.41) is 3.64. The van der Waals surface area contributed by atoms with Crippen molar-refractivity contribution in [3.63, 3.8) is 0 Å². The lowest BCUT2D eigenvalue weighted by Crippen LogP contribution is -2.31. The van der Waals surface area contributed by atoms with Crippen LogP contribution in [0.25, 0.3) is 0 Å². The van der Waals surface area contributed by atoms with Crippen LogP contribution in [0.4, 0.5) is 0 Å². The van der Waals surface area contributed by atoms with E-state index in [0.717, 1.165) is 11.4 Å². The minimum absolute atomic E-state index is 0.118. The predicted octanol–water partition coefficient (Wildman–Crippen LogP) is 0.743. The van der Waals surface area contributed by atoms with Gasteiger partial charge in [0.15, 0.2) is 6.61 Å². The van der Waals surface area contributed by atoms with Crippen LogP contribution in [-0.2, 0) is 25.6 Å². The predicted molar refractivity (Wildman–Crippen MR) is 85.9 cm³/mol. The van der Waals surface area contributed by atoms with Crippen molar-refractivity contribution in [2.45, 2.75) is 33.2 Å². The minimum atomic E-state index is -0.684. The first kappa shape index (κ1) is 17.9. The summed E-state index contributed by atoms with van der Waals surface area (Å²) in [6.45, 7) is 4.59. The fraction of sp³-hybridized carbons (Fsp3) is 0.500. The summed E-state index contributed by atoms with van der Waals surface area (Å²) >= 11 is 0. The second kappa shape index (κ2) is 7.87. The summed E-state index contributed by atoms with van der Waals surface area (Å²) in [5.74, 6) is -1.21. The normalized spacial score (nSPS) is 14.1. The lowest BCUT2D eigenvalue weighted by atomic mass is 10.1. The van der Waals surface area contributed by atoms with Crippen LogP contribution in [0.2, 0.25) is 0 Å². The summed E-state index contributed by atoms with van der Waals surface area (Å²) in [5.41, 5.74) is 4.62. The van der Waals surface area contributed by atoms with Crippen molar-refractivity contribution >= 4 is 23.4 Å². The van der Waals surface area contributed by atoms with E-state index < -0.39 is 5.97 Å². The second-order valence-electron chi connectivity index (χ2n) is 5.52. The fourth-order valence-corrected chi connectivity index (χ4v) is 2.52. The van der Waals surface area contributed by atoms with Crippen molar-refractivity contribution in [3.8, 4) is 0 Å². The monoisotopic (exact) mass is 335 g/mol. The van der Waals surface area contributed by atoms with E-state index in [9.17, 15) is 14.4 Å². The van der Waals surface area contributed by atoms with Gasteiger partial charge < -0.3 is 14.0 Å². The van der Waals surface area contributed by atoms with Crippen LogP contribution in [0.1, 0.15) is 34.6 Å². The maximum atomic E-state index is 12.3. The third-order valence-electron chi connectivity index (χ3n) is 3.87. The zero-order chi connectivity index (χ0) is 17.7. The standard InChI is InChI=1S/C16H21N3O5/c1-10-8-12(11(2)19(10)6-7-23-3)14(20)9-24-16(22)13-4-5-15(21)18-17-13/h8H,4-7,9H2,1-3H3,(H,18,21). The van der Waals surface area contributed by atoms with Gasteiger partial charge in [0.1, 0.15) is 5.71 Å². The third kappa shape index (κ3) is 4.08. The molecule has 0 aromatic carbocycles. The van der Waals surface area contributed by atoms with E-state index in [-0.39, 0.29) is 36.9 Å². The molecule has 1 aliphatic heterocycles. The van der Waals surface area contributed by atoms with E-state index in [0.29, 0.717) is 18.7 Å². The molecule has 1 aromatic heterocycles. The zero-order valence-electron chi connectivity index (χ0n) is 14.0. The van der Waals surface area contributed by atoms with Crippen molar-refractivity contribution in [1.29, 1.82) is 0 Å². The molecule has 0 spiro atoms. The topological polar surface area (TPSA) is 99.0 Å². The molecule has 2 rings (SSSR count). The number of Topliss-reactive ketones (excluding diaryl/α,β-unsaturated/α-hetero) is 1. The highest BCUT2D eigenvalue weighted by Gasteiger charge is 2.22. The molecule has 24 heavy (non-hydrogen) atoms. The number of nitrogens with one attached hydrogen (secondary N) is 1. The molecule has 130 valence electrons. The molecule has 0 bridgehead atoms. The largest absolute Gasteiger partial charge is 0.453 e. The molecule has 0 fully saturated rings. The number of hydrogen-bond donors (Lipinski definition) is 1. The number of nitrogens with zero attached hydrogens (tertiary/aromatic N) is 2. The summed E-state index contributed by atoms with van der Waals surface area (Å²) in [6, 6.07) is 1.78. The molecule has 1 N–H and O–H groups in total. The van der Waals surface area contributed by atoms with E-state index in [1.165, 1.54) is 0 Å². The Morgan fingerprint density at radius 2 is 2.08 bits per heavy atom. The maximum Gasteiger partial charge on any atom is 0.354 e. The number of amides is 1. The summed E-state index contributed by atoms with van der Waals surface area (Å²) in [4.78, 5) is 35.2. The molecule has 8 heteroatoms. The Labute approximate surface area is 139 Å². The Morgan fingerprint density at radius 1 is 1.33 bits per heavy atom. The van der Waals surface area contributed by atoms with Crippen molar-refractivity contribution in [2.75, 3.05) is 20.3 Å². The van der Waals surface area contributed by atoms with Gasteiger partial charge in [-0.3, -0.25) is 9.59 Å². The number of hydrogen-bond acceptors (Lipinski definition) is 6. The molecular weight excluding hydrogens is 314 g/mol. The zero-order valence-corrected chi connectivity index (χ0v) is 14.0. The number of rotatable bonds is 7. The van der Waals surface area contributed by atoms with Gasteiger partial charge >= 0.3 is 5.97 Å². The molecule has 0 atom stereocenters. The molecular formula is C16H21N3O5. The number of esters is 1. The number of ketones is 1. The molecule has 0 radical (unpaired) electrons. The lowest BCUT2D eigenvalue weighted by Gasteiger charge is -2.11. The van der Waals surface area contributed by atoms with E-state index in [2.05, 4.69) is 10.5 Å². The van der Waals surface area contributed by atoms with Gasteiger partial charge in [-0.1, -0.05) is 0 Å². The van der Waals surface area contributed by atoms with E-state index in [4.69, 9.17) is 9.47 Å². The van der Waals surface area contributed by atoms with Crippen molar-refractivity contribution < 1.29 is 23.9 Å². The van der Waals surface area contributed by atoms with Gasteiger partial charge in [0.25, 0.3) is 0 Å². The Hall–Kier alpha value is -2.48. The maximum absolute atomic E-state index is 12.3. The number of aromatic nitrogens is 1. The van der Waals surface area contributed by atoms with E-state index in [1.54, 1.807) is 13.2 Å². The Balaban J connectivity index is 1.98. The minimum Gasteiger partial charge on any atom is -0.453 e. The molecule has 1 amide bonds. The summed E-state index contributed by atoms with van der Waals surface area (Å²) in [7, 11) is 1.62. The second-order valence-corrected chi connectivity index (χ2v) is 5.52. The number of aryl methyl sites for hydroxylation is 1. The molecule has 2 heterocycles. The van der Waals surface area contributed by atoms with Gasteiger partial charge in [-0.25, -0.2) is 10.2 Å². The molecule has 1 aromatic rings. The van der Waals surface area contributed by atoms with Gasteiger partial charge in [-0.15, -0.1) is 0 Å². The highest BCUT2D eigenvalue weighted by atomic mass is 16.5. The van der Waals surface area contributed by atoms with Crippen LogP contribution < -0.4 is 5.43 Å². The van der Waals surface area contributed by atoms with Gasteiger partial charge in [0, 0.05) is 43.4 Å². The molecule has 0 saturated heterocycles. The Bertz CT molecular complexity index is 690. The molecule has 0 aliphatic carbocycles. The van der Waals surface area contributed by atoms with Gasteiger partial charge in [0.2, 0.25) is 11.7 Å². The van der Waals surface area contributed by atoms with Crippen LogP contribution in [0.15, 0.2) is 11.2 Å². The van der Waals surface area contributed by atoms with E-state index in [1.807, 2.05) is 18.4 Å². The molecule has 0 saturated carbocycles. The van der Waals surface area contributed by atoms with Crippen LogP contribution >= 0.6 is 0 Å². The number of carbonyl (C=O) groups is 3. The van der Waals surface area contributed by atoms with Crippen molar-refractivity contribution in [2.24, 2.45) is 5.10 Å². The van der Waals surface area contributed by atoms with Crippen molar-refractivity contribution in [1.82, 2.24) is 9.99 Å².